The normalized spacial score (nSPS) is 10.3. The molecule has 0 saturated heterocycles. The zero-order valence-corrected chi connectivity index (χ0v) is 11.5. The summed E-state index contributed by atoms with van der Waals surface area (Å²) in [5.41, 5.74) is 8.71. The Hall–Kier alpha value is -2.56. The number of benzene rings is 1. The average molecular weight is 271 g/mol. The number of carbonyl (C=O) groups is 1. The minimum Gasteiger partial charge on any atom is -0.478 e. The maximum Gasteiger partial charge on any atom is 0.337 e. The molecule has 1 aromatic heterocycles. The summed E-state index contributed by atoms with van der Waals surface area (Å²) in [5.74, 6) is -0.449. The number of aryl methyl sites for hydroxylation is 1. The summed E-state index contributed by atoms with van der Waals surface area (Å²) in [6, 6.07) is 9.51. The van der Waals surface area contributed by atoms with Crippen molar-refractivity contribution >= 4 is 17.5 Å². The molecule has 5 heteroatoms. The van der Waals surface area contributed by atoms with Gasteiger partial charge in [0, 0.05) is 19.8 Å². The van der Waals surface area contributed by atoms with Crippen molar-refractivity contribution in [2.24, 2.45) is 0 Å². The van der Waals surface area contributed by atoms with Crippen molar-refractivity contribution in [1.29, 1.82) is 0 Å². The molecule has 0 amide bonds. The first-order chi connectivity index (χ1) is 9.49. The molecule has 0 fully saturated rings. The van der Waals surface area contributed by atoms with E-state index in [4.69, 9.17) is 10.8 Å². The van der Waals surface area contributed by atoms with E-state index >= 15 is 0 Å². The second-order valence-electron chi connectivity index (χ2n) is 4.72. The maximum absolute atomic E-state index is 10.9. The van der Waals surface area contributed by atoms with Gasteiger partial charge in [0.15, 0.2) is 5.82 Å². The topological polar surface area (TPSA) is 79.5 Å². The summed E-state index contributed by atoms with van der Waals surface area (Å²) in [6.45, 7) is 2.71. The van der Waals surface area contributed by atoms with Crippen LogP contribution < -0.4 is 10.6 Å². The van der Waals surface area contributed by atoms with Crippen molar-refractivity contribution in [2.75, 3.05) is 17.7 Å². The van der Waals surface area contributed by atoms with Gasteiger partial charge < -0.3 is 15.7 Å². The minimum absolute atomic E-state index is 0.0931. The first-order valence-electron chi connectivity index (χ1n) is 6.23. The third kappa shape index (κ3) is 2.88. The molecule has 20 heavy (non-hydrogen) atoms. The SMILES string of the molecule is Cc1ccccc1CN(C)c1ncc(C(=O)O)cc1N. The summed E-state index contributed by atoms with van der Waals surface area (Å²) in [5, 5.41) is 8.90. The Morgan fingerprint density at radius 3 is 2.70 bits per heavy atom. The van der Waals surface area contributed by atoms with Gasteiger partial charge in [-0.15, -0.1) is 0 Å². The first kappa shape index (κ1) is 13.9. The Morgan fingerprint density at radius 1 is 1.40 bits per heavy atom. The zero-order valence-electron chi connectivity index (χ0n) is 11.5. The number of aromatic nitrogens is 1. The summed E-state index contributed by atoms with van der Waals surface area (Å²) >= 11 is 0. The van der Waals surface area contributed by atoms with Crippen molar-refractivity contribution in [3.8, 4) is 0 Å². The van der Waals surface area contributed by atoms with Crippen molar-refractivity contribution < 1.29 is 9.90 Å². The molecular weight excluding hydrogens is 254 g/mol. The highest BCUT2D eigenvalue weighted by molar-refractivity contribution is 5.89. The Balaban J connectivity index is 2.23. The molecule has 0 spiro atoms. The number of aromatic carboxylic acids is 1. The summed E-state index contributed by atoms with van der Waals surface area (Å²) in [6.07, 6.45) is 1.32. The number of nitrogens with two attached hydrogens (primary N) is 1. The van der Waals surface area contributed by atoms with Gasteiger partial charge in [0.05, 0.1) is 11.3 Å². The molecular formula is C15H17N3O2. The molecule has 1 heterocycles. The van der Waals surface area contributed by atoms with E-state index in [1.807, 2.05) is 43.1 Å². The van der Waals surface area contributed by atoms with E-state index in [1.165, 1.54) is 23.4 Å². The van der Waals surface area contributed by atoms with Crippen LogP contribution in [0.1, 0.15) is 21.5 Å². The van der Waals surface area contributed by atoms with Gasteiger partial charge in [-0.3, -0.25) is 0 Å². The fourth-order valence-electron chi connectivity index (χ4n) is 2.03. The maximum atomic E-state index is 10.9. The second kappa shape index (κ2) is 5.61. The van der Waals surface area contributed by atoms with E-state index in [2.05, 4.69) is 4.98 Å². The monoisotopic (exact) mass is 271 g/mol. The van der Waals surface area contributed by atoms with Gasteiger partial charge >= 0.3 is 5.97 Å². The largest absolute Gasteiger partial charge is 0.478 e. The third-order valence-electron chi connectivity index (χ3n) is 3.17. The number of rotatable bonds is 4. The molecule has 0 aliphatic heterocycles. The lowest BCUT2D eigenvalue weighted by molar-refractivity contribution is 0.0696. The van der Waals surface area contributed by atoms with E-state index in [1.54, 1.807) is 0 Å². The lowest BCUT2D eigenvalue weighted by Crippen LogP contribution is -2.20. The van der Waals surface area contributed by atoms with Crippen LogP contribution in [-0.4, -0.2) is 23.1 Å². The molecule has 2 rings (SSSR count). The Morgan fingerprint density at radius 2 is 2.10 bits per heavy atom. The van der Waals surface area contributed by atoms with Gasteiger partial charge in [-0.25, -0.2) is 9.78 Å². The number of carboxylic acids is 1. The van der Waals surface area contributed by atoms with E-state index in [0.717, 1.165) is 0 Å². The lowest BCUT2D eigenvalue weighted by Gasteiger charge is -2.21. The van der Waals surface area contributed by atoms with Crippen LogP contribution in [-0.2, 0) is 6.54 Å². The van der Waals surface area contributed by atoms with Crippen LogP contribution in [0, 0.1) is 6.92 Å². The molecule has 0 aliphatic rings. The fraction of sp³-hybridized carbons (Fsp3) is 0.200. The van der Waals surface area contributed by atoms with Crippen LogP contribution >= 0.6 is 0 Å². The number of nitrogens with zero attached hydrogens (tertiary/aromatic N) is 2. The molecule has 5 nitrogen and oxygen atoms in total. The van der Waals surface area contributed by atoms with Crippen molar-refractivity contribution in [2.45, 2.75) is 13.5 Å². The van der Waals surface area contributed by atoms with E-state index in [9.17, 15) is 4.79 Å². The number of hydrogen-bond donors (Lipinski definition) is 2. The predicted octanol–water partition coefficient (Wildman–Crippen LogP) is 2.31. The second-order valence-corrected chi connectivity index (χ2v) is 4.72. The molecule has 0 radical (unpaired) electrons. The smallest absolute Gasteiger partial charge is 0.337 e. The minimum atomic E-state index is -1.03. The Labute approximate surface area is 117 Å². The number of pyridine rings is 1. The van der Waals surface area contributed by atoms with Crippen molar-refractivity contribution in [3.05, 3.63) is 53.2 Å². The highest BCUT2D eigenvalue weighted by atomic mass is 16.4. The van der Waals surface area contributed by atoms with Gasteiger partial charge in [0.1, 0.15) is 0 Å². The van der Waals surface area contributed by atoms with E-state index in [-0.39, 0.29) is 5.56 Å². The van der Waals surface area contributed by atoms with Gasteiger partial charge in [-0.05, 0) is 24.1 Å². The molecule has 0 unspecified atom stereocenters. The van der Waals surface area contributed by atoms with Crippen LogP contribution in [0.3, 0.4) is 0 Å². The highest BCUT2D eigenvalue weighted by Crippen LogP contribution is 2.22. The van der Waals surface area contributed by atoms with Crippen molar-refractivity contribution in [1.82, 2.24) is 4.98 Å². The average Bonchev–Trinajstić information content (AvgIpc) is 2.41. The zero-order chi connectivity index (χ0) is 14.7. The molecule has 0 aliphatic carbocycles. The molecule has 3 N–H and O–H groups in total. The summed E-state index contributed by atoms with van der Waals surface area (Å²) < 4.78 is 0. The Kier molecular flexibility index (Phi) is 3.89. The highest BCUT2D eigenvalue weighted by Gasteiger charge is 2.12. The van der Waals surface area contributed by atoms with Gasteiger partial charge in [0.2, 0.25) is 0 Å². The van der Waals surface area contributed by atoms with E-state index < -0.39 is 5.97 Å². The van der Waals surface area contributed by atoms with Crippen LogP contribution in [0.4, 0.5) is 11.5 Å². The number of nitrogen functional groups attached to an aromatic ring is 1. The fourth-order valence-corrected chi connectivity index (χ4v) is 2.03. The number of hydrogen-bond acceptors (Lipinski definition) is 4. The Bertz CT molecular complexity index is 641. The third-order valence-corrected chi connectivity index (χ3v) is 3.17. The van der Waals surface area contributed by atoms with Crippen LogP contribution in [0.25, 0.3) is 0 Å². The molecule has 0 bridgehead atoms. The molecule has 104 valence electrons. The molecule has 2 aromatic rings. The van der Waals surface area contributed by atoms with Gasteiger partial charge in [0.25, 0.3) is 0 Å². The summed E-state index contributed by atoms with van der Waals surface area (Å²) in [7, 11) is 1.88. The van der Waals surface area contributed by atoms with Gasteiger partial charge in [-0.1, -0.05) is 24.3 Å². The first-order valence-corrected chi connectivity index (χ1v) is 6.23. The summed E-state index contributed by atoms with van der Waals surface area (Å²) in [4.78, 5) is 16.9. The van der Waals surface area contributed by atoms with Crippen LogP contribution in [0.5, 0.6) is 0 Å². The molecule has 1 aromatic carbocycles. The quantitative estimate of drug-likeness (QED) is 0.892. The predicted molar refractivity (Wildman–Crippen MR) is 78.9 cm³/mol. The standard InChI is InChI=1S/C15H17N3O2/c1-10-5-3-4-6-11(10)9-18(2)14-13(16)7-12(8-17-14)15(19)20/h3-8H,9,16H2,1-2H3,(H,19,20). The lowest BCUT2D eigenvalue weighted by atomic mass is 10.1. The van der Waals surface area contributed by atoms with E-state index in [0.29, 0.717) is 18.1 Å². The molecule has 0 saturated carbocycles. The van der Waals surface area contributed by atoms with Crippen LogP contribution in [0.15, 0.2) is 36.5 Å². The molecule has 0 atom stereocenters. The number of anilines is 2. The number of carboxylic acid groups (broad SMARTS) is 1. The van der Waals surface area contributed by atoms with Crippen LogP contribution in [0.2, 0.25) is 0 Å². The van der Waals surface area contributed by atoms with Gasteiger partial charge in [-0.2, -0.15) is 0 Å². The van der Waals surface area contributed by atoms with Crippen molar-refractivity contribution in [3.63, 3.8) is 0 Å².